The molecule has 2 aromatic heterocycles. The van der Waals surface area contributed by atoms with Gasteiger partial charge in [-0.05, 0) is 87.6 Å². The molecule has 0 radical (unpaired) electrons. The van der Waals surface area contributed by atoms with E-state index in [1.807, 2.05) is 23.5 Å². The Morgan fingerprint density at radius 3 is 2.07 bits per heavy atom. The van der Waals surface area contributed by atoms with Crippen LogP contribution in [0.5, 0.6) is 5.75 Å². The second-order valence-corrected chi connectivity index (χ2v) is 15.8. The summed E-state index contributed by atoms with van der Waals surface area (Å²) in [7, 11) is 0. The van der Waals surface area contributed by atoms with Crippen molar-refractivity contribution in [1.82, 2.24) is 0 Å². The summed E-state index contributed by atoms with van der Waals surface area (Å²) in [5.41, 5.74) is 11.0. The molecule has 0 saturated heterocycles. The third kappa shape index (κ3) is 4.76. The van der Waals surface area contributed by atoms with Crippen LogP contribution in [0.4, 0.5) is 11.4 Å². The molecule has 1 aliphatic heterocycles. The highest BCUT2D eigenvalue weighted by Crippen LogP contribution is 2.53. The van der Waals surface area contributed by atoms with Crippen molar-refractivity contribution in [2.24, 2.45) is 0 Å². The maximum Gasteiger partial charge on any atom is 0.149 e. The van der Waals surface area contributed by atoms with E-state index in [0.29, 0.717) is 0 Å². The van der Waals surface area contributed by atoms with Crippen molar-refractivity contribution >= 4 is 75.6 Å². The first-order valence-corrected chi connectivity index (χ1v) is 20.0. The maximum absolute atomic E-state index is 7.25. The topological polar surface area (TPSA) is 25.6 Å². The smallest absolute Gasteiger partial charge is 0.149 e. The number of benzene rings is 8. The van der Waals surface area contributed by atoms with E-state index in [9.17, 15) is 0 Å². The van der Waals surface area contributed by atoms with Gasteiger partial charge >= 0.3 is 0 Å². The minimum absolute atomic E-state index is 0.0303. The third-order valence-electron chi connectivity index (χ3n) is 11.6. The molecular formula is C52H33NO2S. The largest absolute Gasteiger partial charge is 0.483 e. The molecule has 2 unspecified atom stereocenters. The monoisotopic (exact) mass is 735 g/mol. The van der Waals surface area contributed by atoms with Crippen LogP contribution in [0, 0.1) is 0 Å². The summed E-state index contributed by atoms with van der Waals surface area (Å²) in [6, 6.07) is 60.9. The van der Waals surface area contributed by atoms with Gasteiger partial charge < -0.3 is 14.1 Å². The molecule has 0 fully saturated rings. The van der Waals surface area contributed by atoms with E-state index in [1.54, 1.807) is 0 Å². The standard InChI is InChI=1S/C52H33NO2S/c1-2-12-32(13-3-1)33-24-26-34(27-25-33)53(35-28-29-38-37-15-6-8-21-45(37)54-46(38)30-35)44-20-10-19-42-50-39-16-5-4-14-36(39)43(31-47(50)55-52(42)44)40-18-11-23-49-51(40)41-17-7-9-22-48(41)56-49/h1-31,42,52H. The molecule has 2 aliphatic rings. The molecule has 3 nitrogen and oxygen atoms in total. The summed E-state index contributed by atoms with van der Waals surface area (Å²) in [6.45, 7) is 0. The molecule has 56 heavy (non-hydrogen) atoms. The molecule has 10 aromatic rings. The number of thiophene rings is 1. The molecule has 0 saturated carbocycles. The molecule has 8 aromatic carbocycles. The Balaban J connectivity index is 1.02. The lowest BCUT2D eigenvalue weighted by atomic mass is 9.84. The first-order valence-electron chi connectivity index (χ1n) is 19.2. The first kappa shape index (κ1) is 31.5. The van der Waals surface area contributed by atoms with Crippen LogP contribution >= 0.6 is 11.3 Å². The predicted octanol–water partition coefficient (Wildman–Crippen LogP) is 14.6. The fourth-order valence-corrected chi connectivity index (χ4v) is 10.3. The number of rotatable bonds is 5. The third-order valence-corrected chi connectivity index (χ3v) is 12.8. The number of fused-ring (bicyclic) bond motifs is 11. The van der Waals surface area contributed by atoms with Gasteiger partial charge in [-0.2, -0.15) is 0 Å². The Kier molecular flexibility index (Phi) is 6.92. The van der Waals surface area contributed by atoms with Crippen molar-refractivity contribution in [1.29, 1.82) is 0 Å². The number of allylic oxidation sites excluding steroid dienone is 2. The van der Waals surface area contributed by atoms with Crippen molar-refractivity contribution in [2.45, 2.75) is 12.0 Å². The number of para-hydroxylation sites is 1. The number of anilines is 2. The fourth-order valence-electron chi connectivity index (χ4n) is 9.14. The molecule has 264 valence electrons. The Hall–Kier alpha value is -6.88. The average molecular weight is 736 g/mol. The zero-order chi connectivity index (χ0) is 36.7. The fraction of sp³-hybridized carbons (Fsp3) is 0.0385. The second-order valence-electron chi connectivity index (χ2n) is 14.7. The number of furan rings is 1. The van der Waals surface area contributed by atoms with Crippen molar-refractivity contribution in [2.75, 3.05) is 4.90 Å². The number of hydrogen-bond donors (Lipinski definition) is 0. The van der Waals surface area contributed by atoms with E-state index in [0.717, 1.165) is 44.8 Å². The summed E-state index contributed by atoms with van der Waals surface area (Å²) in [6.07, 6.45) is 6.51. The van der Waals surface area contributed by atoms with Crippen LogP contribution < -0.4 is 9.64 Å². The van der Waals surface area contributed by atoms with Crippen molar-refractivity contribution < 1.29 is 9.15 Å². The van der Waals surface area contributed by atoms with E-state index in [-0.39, 0.29) is 12.0 Å². The first-order chi connectivity index (χ1) is 27.8. The number of nitrogens with zero attached hydrogens (tertiary/aromatic N) is 1. The van der Waals surface area contributed by atoms with Gasteiger partial charge in [0.1, 0.15) is 23.0 Å². The lowest BCUT2D eigenvalue weighted by Crippen LogP contribution is -2.32. The van der Waals surface area contributed by atoms with Gasteiger partial charge in [0, 0.05) is 59.9 Å². The maximum atomic E-state index is 7.25. The molecule has 12 rings (SSSR count). The van der Waals surface area contributed by atoms with E-state index < -0.39 is 0 Å². The number of ether oxygens (including phenoxy) is 1. The van der Waals surface area contributed by atoms with Gasteiger partial charge in [-0.3, -0.25) is 0 Å². The summed E-state index contributed by atoms with van der Waals surface area (Å²) < 4.78 is 16.3. The number of hydrogen-bond acceptors (Lipinski definition) is 4. The zero-order valence-electron chi connectivity index (χ0n) is 30.2. The van der Waals surface area contributed by atoms with Crippen molar-refractivity contribution in [3.63, 3.8) is 0 Å². The van der Waals surface area contributed by atoms with Gasteiger partial charge in [-0.25, -0.2) is 0 Å². The summed E-state index contributed by atoms with van der Waals surface area (Å²) in [4.78, 5) is 2.36. The molecular weight excluding hydrogens is 703 g/mol. The van der Waals surface area contributed by atoms with Crippen molar-refractivity contribution in [3.8, 4) is 28.0 Å². The van der Waals surface area contributed by atoms with Crippen LogP contribution in [-0.2, 0) is 0 Å². The van der Waals surface area contributed by atoms with Crippen molar-refractivity contribution in [3.05, 3.63) is 199 Å². The zero-order valence-corrected chi connectivity index (χ0v) is 31.0. The van der Waals surface area contributed by atoms with Crippen LogP contribution in [0.3, 0.4) is 0 Å². The van der Waals surface area contributed by atoms with Crippen LogP contribution in [0.2, 0.25) is 0 Å². The van der Waals surface area contributed by atoms with Gasteiger partial charge in [0.05, 0.1) is 5.70 Å². The van der Waals surface area contributed by atoms with E-state index >= 15 is 0 Å². The molecule has 0 amide bonds. The van der Waals surface area contributed by atoms with Gasteiger partial charge in [-0.1, -0.05) is 127 Å². The highest BCUT2D eigenvalue weighted by Gasteiger charge is 2.41. The molecule has 1 aliphatic carbocycles. The quantitative estimate of drug-likeness (QED) is 0.176. The predicted molar refractivity (Wildman–Crippen MR) is 234 cm³/mol. The minimum atomic E-state index is -0.244. The Morgan fingerprint density at radius 1 is 0.500 bits per heavy atom. The Labute approximate surface area is 327 Å². The molecule has 0 N–H and O–H groups in total. The van der Waals surface area contributed by atoms with Crippen LogP contribution in [0.25, 0.3) is 75.1 Å². The minimum Gasteiger partial charge on any atom is -0.483 e. The van der Waals surface area contributed by atoms with Crippen LogP contribution in [0.15, 0.2) is 198 Å². The normalized spacial score (nSPS) is 16.0. The summed E-state index contributed by atoms with van der Waals surface area (Å²) >= 11 is 1.86. The highest BCUT2D eigenvalue weighted by molar-refractivity contribution is 7.25. The second kappa shape index (κ2) is 12.3. The Bertz CT molecular complexity index is 3240. The van der Waals surface area contributed by atoms with E-state index in [2.05, 4.69) is 181 Å². The molecule has 4 heteroatoms. The van der Waals surface area contributed by atoms with Gasteiger partial charge in [0.25, 0.3) is 0 Å². The lowest BCUT2D eigenvalue weighted by molar-refractivity contribution is 0.253. The van der Waals surface area contributed by atoms with Gasteiger partial charge in [0.2, 0.25) is 0 Å². The molecule has 0 spiro atoms. The van der Waals surface area contributed by atoms with E-state index in [4.69, 9.17) is 9.15 Å². The average Bonchev–Trinajstić information content (AvgIpc) is 3.95. The highest BCUT2D eigenvalue weighted by atomic mass is 32.1. The molecule has 0 bridgehead atoms. The molecule has 2 atom stereocenters. The summed E-state index contributed by atoms with van der Waals surface area (Å²) in [5.74, 6) is 0.970. The SMILES string of the molecule is C1=CC2c3c(cc(-c4cccc5sc6ccccc6c45)c4ccccc34)OC2C(N(c2ccc(-c3ccccc3)cc2)c2ccc3c(c2)oc2ccccc23)=C1. The van der Waals surface area contributed by atoms with Gasteiger partial charge in [-0.15, -0.1) is 11.3 Å². The van der Waals surface area contributed by atoms with Crippen LogP contribution in [0.1, 0.15) is 11.5 Å². The van der Waals surface area contributed by atoms with Gasteiger partial charge in [0.15, 0.2) is 0 Å². The van der Waals surface area contributed by atoms with Crippen LogP contribution in [-0.4, -0.2) is 6.10 Å². The summed E-state index contributed by atoms with van der Waals surface area (Å²) in [5, 5.41) is 7.31. The lowest BCUT2D eigenvalue weighted by Gasteiger charge is -2.34. The molecule has 3 heterocycles. The Morgan fingerprint density at radius 2 is 1.20 bits per heavy atom. The van der Waals surface area contributed by atoms with E-state index in [1.165, 1.54) is 58.8 Å².